The summed E-state index contributed by atoms with van der Waals surface area (Å²) in [5.41, 5.74) is 2.68. The van der Waals surface area contributed by atoms with Gasteiger partial charge in [0.2, 0.25) is 0 Å². The van der Waals surface area contributed by atoms with Crippen LogP contribution in [0.25, 0.3) is 6.08 Å². The van der Waals surface area contributed by atoms with Gasteiger partial charge in [0, 0.05) is 23.5 Å². The van der Waals surface area contributed by atoms with Crippen LogP contribution in [0.2, 0.25) is 0 Å². The Kier molecular flexibility index (Phi) is 10.3. The van der Waals surface area contributed by atoms with Gasteiger partial charge in [-0.15, -0.1) is 0 Å². The molecule has 0 aliphatic carbocycles. The van der Waals surface area contributed by atoms with Crippen molar-refractivity contribution in [3.63, 3.8) is 0 Å². The summed E-state index contributed by atoms with van der Waals surface area (Å²) in [6.07, 6.45) is 19.8. The van der Waals surface area contributed by atoms with Crippen molar-refractivity contribution in [3.05, 3.63) is 65.0 Å². The zero-order valence-electron chi connectivity index (χ0n) is 15.6. The molecule has 1 nitrogen and oxygen atoms in total. The summed E-state index contributed by atoms with van der Waals surface area (Å²) >= 11 is 6.10. The van der Waals surface area contributed by atoms with Gasteiger partial charge in [0.05, 0.1) is 0 Å². The highest BCUT2D eigenvalue weighted by atomic mass is 35.5. The number of hydrogen-bond acceptors (Lipinski definition) is 0. The molecule has 1 rings (SSSR count). The maximum atomic E-state index is 6.10. The molecule has 0 aromatic carbocycles. The molecular weight excluding hydrogens is 314 g/mol. The number of allylic oxidation sites excluding steroid dienone is 7. The second kappa shape index (κ2) is 12.0. The number of unbranched alkanes of at least 4 members (excludes halogenated alkanes) is 2. The molecule has 0 aliphatic rings. The first kappa shape index (κ1) is 20.6. The van der Waals surface area contributed by atoms with Crippen molar-refractivity contribution in [2.75, 3.05) is 0 Å². The topological polar surface area (TPSA) is 4.93 Å². The summed E-state index contributed by atoms with van der Waals surface area (Å²) in [6.45, 7) is 9.65. The van der Waals surface area contributed by atoms with Gasteiger partial charge in [-0.05, 0) is 50.0 Å². The van der Waals surface area contributed by atoms with Gasteiger partial charge in [-0.25, -0.2) is 0 Å². The van der Waals surface area contributed by atoms with E-state index in [0.717, 1.165) is 18.0 Å². The summed E-state index contributed by atoms with van der Waals surface area (Å²) < 4.78 is 2.23. The van der Waals surface area contributed by atoms with Crippen molar-refractivity contribution in [2.24, 2.45) is 5.92 Å². The fourth-order valence-electron chi connectivity index (χ4n) is 2.40. The minimum absolute atomic E-state index is 0.475. The molecular formula is C22H32ClN. The second-order valence-corrected chi connectivity index (χ2v) is 6.66. The van der Waals surface area contributed by atoms with Crippen LogP contribution < -0.4 is 0 Å². The van der Waals surface area contributed by atoms with E-state index < -0.39 is 0 Å². The van der Waals surface area contributed by atoms with Gasteiger partial charge in [-0.2, -0.15) is 0 Å². The van der Waals surface area contributed by atoms with E-state index in [1.807, 2.05) is 12.2 Å². The standard InChI is InChI=1S/C22H32ClN/c1-5-7-8-12-19(3)20(4)15-16-22-14-10-18-24(22)17-9-13-21(23)11-6-2/h9-16,18,20H,5-8,17H2,1-4H3/b13-9-,16-15-,19-12+,21-11+. The third kappa shape index (κ3) is 7.88. The van der Waals surface area contributed by atoms with E-state index in [9.17, 15) is 0 Å². The zero-order valence-corrected chi connectivity index (χ0v) is 16.4. The third-order valence-electron chi connectivity index (χ3n) is 4.14. The lowest BCUT2D eigenvalue weighted by molar-refractivity contribution is 0.788. The SMILES string of the molecule is CC/C=C(Cl)\C=C/Cn1cccc1/C=C\C(C)/C(C)=C/CCCC. The predicted molar refractivity (Wildman–Crippen MR) is 109 cm³/mol. The van der Waals surface area contributed by atoms with E-state index in [4.69, 9.17) is 11.6 Å². The minimum atomic E-state index is 0.475. The average molecular weight is 346 g/mol. The second-order valence-electron chi connectivity index (χ2n) is 6.22. The van der Waals surface area contributed by atoms with Crippen LogP contribution in [0.5, 0.6) is 0 Å². The van der Waals surface area contributed by atoms with Gasteiger partial charge < -0.3 is 4.57 Å². The molecule has 0 radical (unpaired) electrons. The molecule has 2 heteroatoms. The molecule has 0 bridgehead atoms. The maximum absolute atomic E-state index is 6.10. The Morgan fingerprint density at radius 3 is 2.79 bits per heavy atom. The number of hydrogen-bond donors (Lipinski definition) is 0. The quantitative estimate of drug-likeness (QED) is 0.237. The van der Waals surface area contributed by atoms with Crippen LogP contribution in [0.1, 0.15) is 59.1 Å². The monoisotopic (exact) mass is 345 g/mol. The first-order valence-electron chi connectivity index (χ1n) is 9.10. The van der Waals surface area contributed by atoms with Crippen LogP contribution in [-0.4, -0.2) is 4.57 Å². The highest BCUT2D eigenvalue weighted by Crippen LogP contribution is 2.16. The van der Waals surface area contributed by atoms with Crippen molar-refractivity contribution in [1.82, 2.24) is 4.57 Å². The molecule has 0 amide bonds. The fourth-order valence-corrected chi connectivity index (χ4v) is 2.64. The lowest BCUT2D eigenvalue weighted by atomic mass is 10.00. The molecule has 24 heavy (non-hydrogen) atoms. The van der Waals surface area contributed by atoms with Gasteiger partial charge in [0.25, 0.3) is 0 Å². The zero-order chi connectivity index (χ0) is 17.8. The van der Waals surface area contributed by atoms with E-state index in [-0.39, 0.29) is 0 Å². The van der Waals surface area contributed by atoms with Crippen molar-refractivity contribution in [3.8, 4) is 0 Å². The van der Waals surface area contributed by atoms with Crippen molar-refractivity contribution in [2.45, 2.75) is 59.9 Å². The number of aromatic nitrogens is 1. The van der Waals surface area contributed by atoms with Gasteiger partial charge in [0.1, 0.15) is 0 Å². The molecule has 1 heterocycles. The van der Waals surface area contributed by atoms with Crippen LogP contribution in [0.3, 0.4) is 0 Å². The molecule has 0 N–H and O–H groups in total. The minimum Gasteiger partial charge on any atom is -0.344 e. The summed E-state index contributed by atoms with van der Waals surface area (Å²) in [4.78, 5) is 0. The molecule has 1 aromatic rings. The smallest absolute Gasteiger partial charge is 0.0409 e. The average Bonchev–Trinajstić information content (AvgIpc) is 3.00. The Labute approximate surface area is 153 Å². The molecule has 132 valence electrons. The number of rotatable bonds is 10. The van der Waals surface area contributed by atoms with Crippen LogP contribution in [0, 0.1) is 5.92 Å². The fraction of sp³-hybridized carbons (Fsp3) is 0.455. The molecule has 0 saturated carbocycles. The van der Waals surface area contributed by atoms with Gasteiger partial charge in [0.15, 0.2) is 0 Å². The van der Waals surface area contributed by atoms with E-state index in [1.54, 1.807) is 0 Å². The predicted octanol–water partition coefficient (Wildman–Crippen LogP) is 7.36. The summed E-state index contributed by atoms with van der Waals surface area (Å²) in [5, 5.41) is 0.809. The van der Waals surface area contributed by atoms with Crippen molar-refractivity contribution in [1.29, 1.82) is 0 Å². The molecule has 0 spiro atoms. The first-order valence-corrected chi connectivity index (χ1v) is 9.48. The van der Waals surface area contributed by atoms with E-state index in [0.29, 0.717) is 5.92 Å². The van der Waals surface area contributed by atoms with Gasteiger partial charge in [-0.3, -0.25) is 0 Å². The van der Waals surface area contributed by atoms with E-state index in [1.165, 1.54) is 30.5 Å². The molecule has 0 aliphatic heterocycles. The molecule has 0 fully saturated rings. The third-order valence-corrected chi connectivity index (χ3v) is 4.42. The van der Waals surface area contributed by atoms with Crippen molar-refractivity contribution >= 4 is 17.7 Å². The molecule has 1 aromatic heterocycles. The Balaban J connectivity index is 2.64. The van der Waals surface area contributed by atoms with E-state index in [2.05, 4.69) is 74.9 Å². The lowest BCUT2D eigenvalue weighted by Gasteiger charge is -2.08. The lowest BCUT2D eigenvalue weighted by Crippen LogP contribution is -1.97. The molecule has 0 saturated heterocycles. The number of halogens is 1. The summed E-state index contributed by atoms with van der Waals surface area (Å²) in [5.74, 6) is 0.475. The normalized spacial score (nSPS) is 14.9. The Morgan fingerprint density at radius 2 is 2.08 bits per heavy atom. The maximum Gasteiger partial charge on any atom is 0.0409 e. The van der Waals surface area contributed by atoms with Crippen LogP contribution in [-0.2, 0) is 6.54 Å². The number of nitrogens with zero attached hydrogens (tertiary/aromatic N) is 1. The van der Waals surface area contributed by atoms with Gasteiger partial charge in [-0.1, -0.05) is 75.1 Å². The molecule has 1 unspecified atom stereocenters. The van der Waals surface area contributed by atoms with E-state index >= 15 is 0 Å². The highest BCUT2D eigenvalue weighted by molar-refractivity contribution is 6.31. The Bertz CT molecular complexity index is 587. The summed E-state index contributed by atoms with van der Waals surface area (Å²) in [7, 11) is 0. The highest BCUT2D eigenvalue weighted by Gasteiger charge is 2.01. The van der Waals surface area contributed by atoms with Gasteiger partial charge >= 0.3 is 0 Å². The Morgan fingerprint density at radius 1 is 1.29 bits per heavy atom. The van der Waals surface area contributed by atoms with Crippen LogP contribution in [0.15, 0.2) is 59.3 Å². The Hall–Kier alpha value is -1.47. The first-order chi connectivity index (χ1) is 11.6. The van der Waals surface area contributed by atoms with Crippen LogP contribution in [0.4, 0.5) is 0 Å². The largest absolute Gasteiger partial charge is 0.344 e. The summed E-state index contributed by atoms with van der Waals surface area (Å²) in [6, 6.07) is 4.24. The molecule has 1 atom stereocenters. The van der Waals surface area contributed by atoms with Crippen molar-refractivity contribution < 1.29 is 0 Å². The van der Waals surface area contributed by atoms with Crippen LogP contribution >= 0.6 is 11.6 Å².